The lowest BCUT2D eigenvalue weighted by Crippen LogP contribution is -2.27. The molecule has 0 atom stereocenters. The Balaban J connectivity index is 2.33. The Hall–Kier alpha value is -1.52. The van der Waals surface area contributed by atoms with Crippen molar-refractivity contribution in [3.8, 4) is 12.1 Å². The summed E-state index contributed by atoms with van der Waals surface area (Å²) in [6.45, 7) is 0.701. The number of nitriles is 2. The quantitative estimate of drug-likeness (QED) is 0.855. The summed E-state index contributed by atoms with van der Waals surface area (Å²) >= 11 is 3.40. The maximum atomic E-state index is 9.20. The molecule has 0 amide bonds. The van der Waals surface area contributed by atoms with Gasteiger partial charge in [0.15, 0.2) is 0 Å². The zero-order valence-electron chi connectivity index (χ0n) is 9.36. The molecule has 0 bridgehead atoms. The minimum Gasteiger partial charge on any atom is -0.366 e. The van der Waals surface area contributed by atoms with Gasteiger partial charge in [0.05, 0.1) is 23.7 Å². The summed E-state index contributed by atoms with van der Waals surface area (Å²) in [5.74, 6) is 0. The highest BCUT2D eigenvalue weighted by Gasteiger charge is 2.30. The van der Waals surface area contributed by atoms with Crippen molar-refractivity contribution in [1.82, 2.24) is 0 Å². The number of hydrogen-bond acceptors (Lipinski definition) is 3. The van der Waals surface area contributed by atoms with Crippen molar-refractivity contribution in [1.29, 1.82) is 10.5 Å². The average Bonchev–Trinajstić information content (AvgIpc) is 3.14. The average molecular weight is 290 g/mol. The lowest BCUT2D eigenvalue weighted by molar-refractivity contribution is 0.791. The fraction of sp³-hybridized carbons (Fsp3) is 0.385. The number of rotatable bonds is 4. The topological polar surface area (TPSA) is 50.8 Å². The molecular weight excluding hydrogens is 278 g/mol. The van der Waals surface area contributed by atoms with Crippen LogP contribution in [-0.4, -0.2) is 12.6 Å². The summed E-state index contributed by atoms with van der Waals surface area (Å²) in [5, 5.41) is 17.9. The Morgan fingerprint density at radius 2 is 2.12 bits per heavy atom. The van der Waals surface area contributed by atoms with Crippen LogP contribution in [0.15, 0.2) is 22.7 Å². The van der Waals surface area contributed by atoms with Gasteiger partial charge in [-0.1, -0.05) is 6.07 Å². The molecule has 17 heavy (non-hydrogen) atoms. The molecule has 1 aromatic carbocycles. The molecular formula is C13H12BrN3. The van der Waals surface area contributed by atoms with Gasteiger partial charge in [0, 0.05) is 17.1 Å². The Bertz CT molecular complexity index is 494. The fourth-order valence-corrected chi connectivity index (χ4v) is 2.36. The van der Waals surface area contributed by atoms with Gasteiger partial charge in [-0.25, -0.2) is 0 Å². The van der Waals surface area contributed by atoms with Gasteiger partial charge in [-0.05, 0) is 40.9 Å². The fourth-order valence-electron chi connectivity index (χ4n) is 1.92. The molecule has 1 fully saturated rings. The van der Waals surface area contributed by atoms with E-state index >= 15 is 0 Å². The Kier molecular flexibility index (Phi) is 3.66. The largest absolute Gasteiger partial charge is 0.366 e. The SMILES string of the molecule is N#CCCN(c1cccc(Br)c1C#N)C1CC1. The molecule has 4 heteroatoms. The zero-order chi connectivity index (χ0) is 12.3. The molecule has 86 valence electrons. The molecule has 0 heterocycles. The van der Waals surface area contributed by atoms with E-state index in [1.165, 1.54) is 0 Å². The minimum atomic E-state index is 0.494. The molecule has 0 aromatic heterocycles. The van der Waals surface area contributed by atoms with Gasteiger partial charge in [-0.3, -0.25) is 0 Å². The van der Waals surface area contributed by atoms with Crippen molar-refractivity contribution in [2.45, 2.75) is 25.3 Å². The summed E-state index contributed by atoms with van der Waals surface area (Å²) < 4.78 is 0.820. The number of benzene rings is 1. The molecule has 1 aromatic rings. The van der Waals surface area contributed by atoms with E-state index in [4.69, 9.17) is 5.26 Å². The highest BCUT2D eigenvalue weighted by Crippen LogP contribution is 2.35. The highest BCUT2D eigenvalue weighted by molar-refractivity contribution is 9.10. The van der Waals surface area contributed by atoms with Crippen LogP contribution >= 0.6 is 15.9 Å². The Labute approximate surface area is 109 Å². The van der Waals surface area contributed by atoms with E-state index in [0.29, 0.717) is 24.6 Å². The Morgan fingerprint density at radius 3 is 2.71 bits per heavy atom. The van der Waals surface area contributed by atoms with E-state index in [1.807, 2.05) is 18.2 Å². The first-order valence-corrected chi connectivity index (χ1v) is 6.39. The monoisotopic (exact) mass is 289 g/mol. The molecule has 1 saturated carbocycles. The zero-order valence-corrected chi connectivity index (χ0v) is 10.9. The van der Waals surface area contributed by atoms with Gasteiger partial charge >= 0.3 is 0 Å². The van der Waals surface area contributed by atoms with E-state index in [-0.39, 0.29) is 0 Å². The third kappa shape index (κ3) is 2.60. The smallest absolute Gasteiger partial charge is 0.103 e. The molecule has 0 saturated heterocycles. The van der Waals surface area contributed by atoms with Gasteiger partial charge < -0.3 is 4.90 Å². The molecule has 0 unspecified atom stereocenters. The van der Waals surface area contributed by atoms with Crippen LogP contribution in [-0.2, 0) is 0 Å². The van der Waals surface area contributed by atoms with Crippen molar-refractivity contribution in [3.05, 3.63) is 28.2 Å². The first-order valence-electron chi connectivity index (χ1n) is 5.60. The standard InChI is InChI=1S/C13H12BrN3/c14-12-3-1-4-13(11(12)9-16)17(8-2-7-15)10-5-6-10/h1,3-4,10H,2,5-6,8H2. The van der Waals surface area contributed by atoms with E-state index in [9.17, 15) is 5.26 Å². The molecule has 1 aliphatic rings. The summed E-state index contributed by atoms with van der Waals surface area (Å²) in [5.41, 5.74) is 1.61. The van der Waals surface area contributed by atoms with E-state index < -0.39 is 0 Å². The molecule has 0 aliphatic heterocycles. The van der Waals surface area contributed by atoms with E-state index in [2.05, 4.69) is 33.0 Å². The lowest BCUT2D eigenvalue weighted by Gasteiger charge is -2.24. The predicted octanol–water partition coefficient (Wildman–Crippen LogP) is 3.20. The van der Waals surface area contributed by atoms with Crippen LogP contribution in [0.1, 0.15) is 24.8 Å². The Morgan fingerprint density at radius 1 is 1.35 bits per heavy atom. The normalized spacial score (nSPS) is 13.8. The van der Waals surface area contributed by atoms with Crippen LogP contribution in [0.5, 0.6) is 0 Å². The molecule has 1 aliphatic carbocycles. The van der Waals surface area contributed by atoms with Crippen molar-refractivity contribution in [2.75, 3.05) is 11.4 Å². The van der Waals surface area contributed by atoms with Crippen LogP contribution in [0.3, 0.4) is 0 Å². The van der Waals surface area contributed by atoms with Crippen LogP contribution in [0.2, 0.25) is 0 Å². The summed E-state index contributed by atoms with van der Waals surface area (Å²) in [6.07, 6.45) is 2.81. The molecule has 3 nitrogen and oxygen atoms in total. The second-order valence-corrected chi connectivity index (χ2v) is 4.93. The number of hydrogen-bond donors (Lipinski definition) is 0. The summed E-state index contributed by atoms with van der Waals surface area (Å²) in [7, 11) is 0. The van der Waals surface area contributed by atoms with Crippen molar-refractivity contribution in [2.24, 2.45) is 0 Å². The highest BCUT2D eigenvalue weighted by atomic mass is 79.9. The maximum Gasteiger partial charge on any atom is 0.103 e. The second kappa shape index (κ2) is 5.21. The van der Waals surface area contributed by atoms with Crippen molar-refractivity contribution < 1.29 is 0 Å². The first kappa shape index (κ1) is 12.0. The lowest BCUT2D eigenvalue weighted by atomic mass is 10.1. The van der Waals surface area contributed by atoms with Gasteiger partial charge in [0.2, 0.25) is 0 Å². The third-order valence-corrected chi connectivity index (χ3v) is 3.53. The molecule has 2 rings (SSSR count). The molecule has 0 N–H and O–H groups in total. The van der Waals surface area contributed by atoms with Crippen LogP contribution in [0.25, 0.3) is 0 Å². The number of halogens is 1. The van der Waals surface area contributed by atoms with E-state index in [1.54, 1.807) is 0 Å². The second-order valence-electron chi connectivity index (χ2n) is 4.08. The first-order chi connectivity index (χ1) is 8.27. The van der Waals surface area contributed by atoms with Crippen LogP contribution < -0.4 is 4.90 Å². The summed E-state index contributed by atoms with van der Waals surface area (Å²) in [4.78, 5) is 2.19. The summed E-state index contributed by atoms with van der Waals surface area (Å²) in [6, 6.07) is 10.7. The van der Waals surface area contributed by atoms with E-state index in [0.717, 1.165) is 23.0 Å². The molecule has 0 radical (unpaired) electrons. The van der Waals surface area contributed by atoms with Gasteiger partial charge in [0.1, 0.15) is 6.07 Å². The molecule has 0 spiro atoms. The van der Waals surface area contributed by atoms with Gasteiger partial charge in [0.25, 0.3) is 0 Å². The van der Waals surface area contributed by atoms with Gasteiger partial charge in [-0.2, -0.15) is 10.5 Å². The van der Waals surface area contributed by atoms with Crippen LogP contribution in [0.4, 0.5) is 5.69 Å². The predicted molar refractivity (Wildman–Crippen MR) is 69.5 cm³/mol. The van der Waals surface area contributed by atoms with Gasteiger partial charge in [-0.15, -0.1) is 0 Å². The van der Waals surface area contributed by atoms with Crippen molar-refractivity contribution in [3.63, 3.8) is 0 Å². The third-order valence-electron chi connectivity index (χ3n) is 2.87. The van der Waals surface area contributed by atoms with Crippen molar-refractivity contribution >= 4 is 21.6 Å². The minimum absolute atomic E-state index is 0.494. The van der Waals surface area contributed by atoms with Crippen LogP contribution in [0, 0.1) is 22.7 Å². The number of nitrogens with zero attached hydrogens (tertiary/aromatic N) is 3. The maximum absolute atomic E-state index is 9.20. The number of anilines is 1.